The van der Waals surface area contributed by atoms with Crippen molar-refractivity contribution >= 4 is 15.8 Å². The van der Waals surface area contributed by atoms with Crippen LogP contribution in [0.4, 0.5) is 5.82 Å². The first kappa shape index (κ1) is 12.9. The fraction of sp³-hybridized carbons (Fsp3) is 0.444. The lowest BCUT2D eigenvalue weighted by atomic mass is 10.3. The number of rotatable bonds is 5. The molecule has 0 amide bonds. The second kappa shape index (κ2) is 5.24. The number of nitrogens with two attached hydrogens (primary N) is 1. The molecule has 0 aromatic carbocycles. The van der Waals surface area contributed by atoms with E-state index in [2.05, 4.69) is 9.71 Å². The molecule has 6 nitrogen and oxygen atoms in total. The number of aliphatic hydroxyl groups excluding tert-OH is 1. The lowest BCUT2D eigenvalue weighted by molar-refractivity contribution is 0.186. The van der Waals surface area contributed by atoms with Crippen LogP contribution in [0.3, 0.4) is 0 Å². The minimum absolute atomic E-state index is 0.0351. The number of nitrogens with one attached hydrogen (secondary N) is 1. The molecular formula is C9H15N3O3S. The molecular weight excluding hydrogens is 230 g/mol. The number of hydrogen-bond donors (Lipinski definition) is 3. The summed E-state index contributed by atoms with van der Waals surface area (Å²) in [7, 11) is -3.64. The summed E-state index contributed by atoms with van der Waals surface area (Å²) in [5.74, 6) is -0.0351. The summed E-state index contributed by atoms with van der Waals surface area (Å²) < 4.78 is 25.8. The first-order valence-electron chi connectivity index (χ1n) is 4.81. The topological polar surface area (TPSA) is 105 Å². The minimum Gasteiger partial charge on any atom is -0.393 e. The minimum atomic E-state index is -3.64. The lowest BCUT2D eigenvalue weighted by Crippen LogP contribution is -2.27. The monoisotopic (exact) mass is 245 g/mol. The Labute approximate surface area is 94.6 Å². The first-order chi connectivity index (χ1) is 7.43. The fourth-order valence-corrected chi connectivity index (χ4v) is 2.24. The zero-order valence-electron chi connectivity index (χ0n) is 8.92. The molecule has 4 N–H and O–H groups in total. The van der Waals surface area contributed by atoms with E-state index in [4.69, 9.17) is 10.8 Å². The molecule has 0 saturated carbocycles. The van der Waals surface area contributed by atoms with Gasteiger partial charge in [0.1, 0.15) is 10.7 Å². The van der Waals surface area contributed by atoms with E-state index >= 15 is 0 Å². The van der Waals surface area contributed by atoms with Crippen LogP contribution >= 0.6 is 0 Å². The van der Waals surface area contributed by atoms with Crippen LogP contribution in [0.2, 0.25) is 0 Å². The third-order valence-corrected chi connectivity index (χ3v) is 3.45. The maximum absolute atomic E-state index is 11.7. The smallest absolute Gasteiger partial charge is 0.244 e. The zero-order chi connectivity index (χ0) is 12.2. The number of nitrogen functional groups attached to an aromatic ring is 1. The van der Waals surface area contributed by atoms with Gasteiger partial charge in [-0.15, -0.1) is 0 Å². The number of hydrogen-bond acceptors (Lipinski definition) is 5. The van der Waals surface area contributed by atoms with Gasteiger partial charge in [0.15, 0.2) is 0 Å². The second-order valence-corrected chi connectivity index (χ2v) is 5.16. The van der Waals surface area contributed by atoms with Gasteiger partial charge in [-0.05, 0) is 25.5 Å². The van der Waals surface area contributed by atoms with Gasteiger partial charge >= 0.3 is 0 Å². The molecule has 0 aliphatic rings. The fourth-order valence-electron chi connectivity index (χ4n) is 1.11. The van der Waals surface area contributed by atoms with Gasteiger partial charge in [-0.1, -0.05) is 0 Å². The number of nitrogens with zero attached hydrogens (tertiary/aromatic N) is 1. The van der Waals surface area contributed by atoms with Crippen molar-refractivity contribution in [2.75, 3.05) is 12.3 Å². The normalized spacial score (nSPS) is 13.6. The van der Waals surface area contributed by atoms with Gasteiger partial charge in [0.05, 0.1) is 6.10 Å². The molecule has 16 heavy (non-hydrogen) atoms. The second-order valence-electron chi connectivity index (χ2n) is 3.42. The summed E-state index contributed by atoms with van der Waals surface area (Å²) in [6.07, 6.45) is 1.22. The van der Waals surface area contributed by atoms with Crippen molar-refractivity contribution in [2.45, 2.75) is 24.3 Å². The van der Waals surface area contributed by atoms with Gasteiger partial charge < -0.3 is 10.8 Å². The quantitative estimate of drug-likeness (QED) is 0.661. The Hall–Kier alpha value is -1.18. The van der Waals surface area contributed by atoms with E-state index in [1.807, 2.05) is 0 Å². The Morgan fingerprint density at radius 2 is 2.31 bits per heavy atom. The Morgan fingerprint density at radius 1 is 1.62 bits per heavy atom. The summed E-state index contributed by atoms with van der Waals surface area (Å²) in [6.45, 7) is 1.75. The highest BCUT2D eigenvalue weighted by molar-refractivity contribution is 7.89. The highest BCUT2D eigenvalue weighted by atomic mass is 32.2. The van der Waals surface area contributed by atoms with Gasteiger partial charge in [-0.25, -0.2) is 18.1 Å². The standard InChI is InChI=1S/C9H15N3O3S/c1-7(13)4-6-12-16(14,15)8-3-2-5-11-9(8)10/h2-3,5,7,12-13H,4,6H2,1H3,(H2,10,11). The van der Waals surface area contributed by atoms with Crippen molar-refractivity contribution in [2.24, 2.45) is 0 Å². The van der Waals surface area contributed by atoms with Crippen molar-refractivity contribution in [1.29, 1.82) is 0 Å². The van der Waals surface area contributed by atoms with E-state index in [1.54, 1.807) is 6.92 Å². The molecule has 0 aliphatic carbocycles. The first-order valence-corrected chi connectivity index (χ1v) is 6.30. The van der Waals surface area contributed by atoms with Crippen LogP contribution in [0.25, 0.3) is 0 Å². The van der Waals surface area contributed by atoms with Crippen molar-refractivity contribution in [3.63, 3.8) is 0 Å². The maximum atomic E-state index is 11.7. The van der Waals surface area contributed by atoms with Crippen LogP contribution < -0.4 is 10.5 Å². The molecule has 1 aromatic rings. The van der Waals surface area contributed by atoms with Crippen LogP contribution in [0.1, 0.15) is 13.3 Å². The van der Waals surface area contributed by atoms with Crippen LogP contribution in [-0.2, 0) is 10.0 Å². The number of aliphatic hydroxyl groups is 1. The number of sulfonamides is 1. The molecule has 1 atom stereocenters. The van der Waals surface area contributed by atoms with E-state index < -0.39 is 16.1 Å². The van der Waals surface area contributed by atoms with E-state index in [0.717, 1.165) is 0 Å². The van der Waals surface area contributed by atoms with Crippen molar-refractivity contribution in [1.82, 2.24) is 9.71 Å². The SMILES string of the molecule is CC(O)CCNS(=O)(=O)c1cccnc1N. The Morgan fingerprint density at radius 3 is 2.88 bits per heavy atom. The Balaban J connectivity index is 2.75. The summed E-state index contributed by atoms with van der Waals surface area (Å²) >= 11 is 0. The summed E-state index contributed by atoms with van der Waals surface area (Å²) in [5, 5.41) is 9.00. The van der Waals surface area contributed by atoms with Crippen molar-refractivity contribution in [3.8, 4) is 0 Å². The van der Waals surface area contributed by atoms with E-state index in [1.165, 1.54) is 18.3 Å². The van der Waals surface area contributed by atoms with Gasteiger partial charge in [0.2, 0.25) is 10.0 Å². The zero-order valence-corrected chi connectivity index (χ0v) is 9.74. The predicted molar refractivity (Wildman–Crippen MR) is 60.1 cm³/mol. The average Bonchev–Trinajstić information content (AvgIpc) is 2.17. The lowest BCUT2D eigenvalue weighted by Gasteiger charge is -2.08. The van der Waals surface area contributed by atoms with Gasteiger partial charge in [0, 0.05) is 12.7 Å². The predicted octanol–water partition coefficient (Wildman–Crippen LogP) is -0.287. The van der Waals surface area contributed by atoms with Crippen molar-refractivity contribution < 1.29 is 13.5 Å². The molecule has 0 radical (unpaired) electrons. The number of anilines is 1. The van der Waals surface area contributed by atoms with E-state index in [9.17, 15) is 8.42 Å². The highest BCUT2D eigenvalue weighted by Gasteiger charge is 2.17. The van der Waals surface area contributed by atoms with Gasteiger partial charge in [-0.3, -0.25) is 0 Å². The molecule has 1 unspecified atom stereocenters. The van der Waals surface area contributed by atoms with E-state index in [-0.39, 0.29) is 17.3 Å². The van der Waals surface area contributed by atoms with E-state index in [0.29, 0.717) is 6.42 Å². The van der Waals surface area contributed by atoms with Crippen LogP contribution in [-0.4, -0.2) is 31.2 Å². The third-order valence-electron chi connectivity index (χ3n) is 1.94. The number of pyridine rings is 1. The summed E-state index contributed by atoms with van der Waals surface area (Å²) in [5.41, 5.74) is 5.46. The van der Waals surface area contributed by atoms with Crippen LogP contribution in [0.5, 0.6) is 0 Å². The van der Waals surface area contributed by atoms with Gasteiger partial charge in [0.25, 0.3) is 0 Å². The summed E-state index contributed by atoms with van der Waals surface area (Å²) in [4.78, 5) is 3.66. The molecule has 0 aliphatic heterocycles. The molecule has 7 heteroatoms. The molecule has 0 saturated heterocycles. The molecule has 1 heterocycles. The Kier molecular flexibility index (Phi) is 4.22. The number of aromatic nitrogens is 1. The molecule has 0 fully saturated rings. The molecule has 1 rings (SSSR count). The average molecular weight is 245 g/mol. The molecule has 0 spiro atoms. The maximum Gasteiger partial charge on any atom is 0.244 e. The van der Waals surface area contributed by atoms with Crippen molar-refractivity contribution in [3.05, 3.63) is 18.3 Å². The Bertz CT molecular complexity index is 445. The van der Waals surface area contributed by atoms with Crippen LogP contribution in [0, 0.1) is 0 Å². The molecule has 0 bridgehead atoms. The summed E-state index contributed by atoms with van der Waals surface area (Å²) in [6, 6.07) is 2.88. The molecule has 90 valence electrons. The van der Waals surface area contributed by atoms with Gasteiger partial charge in [-0.2, -0.15) is 0 Å². The highest BCUT2D eigenvalue weighted by Crippen LogP contribution is 2.13. The third kappa shape index (κ3) is 3.44. The molecule has 1 aromatic heterocycles. The largest absolute Gasteiger partial charge is 0.393 e. The van der Waals surface area contributed by atoms with Crippen LogP contribution in [0.15, 0.2) is 23.2 Å².